The summed E-state index contributed by atoms with van der Waals surface area (Å²) in [7, 11) is 0. The molecule has 11 heavy (non-hydrogen) atoms. The summed E-state index contributed by atoms with van der Waals surface area (Å²) in [6, 6.07) is 0. The summed E-state index contributed by atoms with van der Waals surface area (Å²) in [5.41, 5.74) is 2.09. The first-order valence-electron chi connectivity index (χ1n) is 3.95. The standard InChI is InChI=1S/C9H14N2/c1-4-6-9-10-7(3)8(5-2)11-9/h5H,2,4,6H2,1,3H3,(H,10,11). The van der Waals surface area contributed by atoms with Crippen molar-refractivity contribution >= 4 is 6.08 Å². The number of rotatable bonds is 3. The Morgan fingerprint density at radius 1 is 1.64 bits per heavy atom. The van der Waals surface area contributed by atoms with Crippen molar-refractivity contribution in [1.82, 2.24) is 9.97 Å². The van der Waals surface area contributed by atoms with Crippen LogP contribution in [-0.4, -0.2) is 9.97 Å². The fourth-order valence-electron chi connectivity index (χ4n) is 1.09. The second-order valence-corrected chi connectivity index (χ2v) is 2.64. The van der Waals surface area contributed by atoms with Gasteiger partial charge < -0.3 is 4.98 Å². The van der Waals surface area contributed by atoms with Gasteiger partial charge in [0.15, 0.2) is 0 Å². The van der Waals surface area contributed by atoms with Gasteiger partial charge in [-0.25, -0.2) is 4.98 Å². The molecule has 1 N–H and O–H groups in total. The van der Waals surface area contributed by atoms with Crippen molar-refractivity contribution in [3.05, 3.63) is 23.8 Å². The molecule has 2 nitrogen and oxygen atoms in total. The average molecular weight is 150 g/mol. The molecule has 60 valence electrons. The van der Waals surface area contributed by atoms with Crippen molar-refractivity contribution in [2.24, 2.45) is 0 Å². The predicted molar refractivity (Wildman–Crippen MR) is 47.4 cm³/mol. The van der Waals surface area contributed by atoms with Crippen LogP contribution < -0.4 is 0 Å². The topological polar surface area (TPSA) is 28.7 Å². The van der Waals surface area contributed by atoms with Crippen molar-refractivity contribution < 1.29 is 0 Å². The number of nitrogens with one attached hydrogen (secondary N) is 1. The van der Waals surface area contributed by atoms with Gasteiger partial charge in [-0.15, -0.1) is 0 Å². The zero-order valence-corrected chi connectivity index (χ0v) is 7.15. The molecule has 1 rings (SSSR count). The maximum Gasteiger partial charge on any atom is 0.106 e. The average Bonchev–Trinajstić information content (AvgIpc) is 2.32. The van der Waals surface area contributed by atoms with Gasteiger partial charge >= 0.3 is 0 Å². The van der Waals surface area contributed by atoms with Gasteiger partial charge in [-0.3, -0.25) is 0 Å². The van der Waals surface area contributed by atoms with Crippen LogP contribution in [0.3, 0.4) is 0 Å². The van der Waals surface area contributed by atoms with E-state index in [0.717, 1.165) is 30.1 Å². The van der Waals surface area contributed by atoms with Crippen molar-refractivity contribution in [2.75, 3.05) is 0 Å². The summed E-state index contributed by atoms with van der Waals surface area (Å²) >= 11 is 0. The summed E-state index contributed by atoms with van der Waals surface area (Å²) in [5, 5.41) is 0. The minimum Gasteiger partial charge on any atom is -0.342 e. The van der Waals surface area contributed by atoms with Crippen LogP contribution in [0.5, 0.6) is 0 Å². The molecule has 1 heterocycles. The molecule has 0 radical (unpaired) electrons. The minimum absolute atomic E-state index is 1.02. The van der Waals surface area contributed by atoms with Crippen LogP contribution in [-0.2, 0) is 6.42 Å². The van der Waals surface area contributed by atoms with Gasteiger partial charge in [-0.05, 0) is 19.4 Å². The second kappa shape index (κ2) is 3.37. The summed E-state index contributed by atoms with van der Waals surface area (Å²) in [6.07, 6.45) is 3.96. The van der Waals surface area contributed by atoms with E-state index in [1.54, 1.807) is 0 Å². The summed E-state index contributed by atoms with van der Waals surface area (Å²) in [5.74, 6) is 1.07. The summed E-state index contributed by atoms with van der Waals surface area (Å²) < 4.78 is 0. The molecule has 0 aliphatic heterocycles. The molecule has 1 aromatic heterocycles. The number of aromatic nitrogens is 2. The molecule has 0 unspecified atom stereocenters. The van der Waals surface area contributed by atoms with Crippen LogP contribution in [0.15, 0.2) is 6.58 Å². The monoisotopic (exact) mass is 150 g/mol. The number of hydrogen-bond donors (Lipinski definition) is 1. The lowest BCUT2D eigenvalue weighted by molar-refractivity contribution is 0.853. The molecule has 0 fully saturated rings. The Balaban J connectivity index is 2.86. The van der Waals surface area contributed by atoms with Crippen molar-refractivity contribution in [1.29, 1.82) is 0 Å². The molecule has 0 amide bonds. The molecule has 0 spiro atoms. The molecule has 0 saturated carbocycles. The Bertz CT molecular complexity index is 248. The highest BCUT2D eigenvalue weighted by atomic mass is 14.9. The number of H-pyrrole nitrogens is 1. The van der Waals surface area contributed by atoms with Gasteiger partial charge in [-0.2, -0.15) is 0 Å². The molecular weight excluding hydrogens is 136 g/mol. The van der Waals surface area contributed by atoms with E-state index in [-0.39, 0.29) is 0 Å². The van der Waals surface area contributed by atoms with Crippen LogP contribution in [0.1, 0.15) is 30.6 Å². The van der Waals surface area contributed by atoms with Crippen molar-refractivity contribution in [3.8, 4) is 0 Å². The molecule has 2 heteroatoms. The minimum atomic E-state index is 1.02. The molecule has 0 saturated heterocycles. The van der Waals surface area contributed by atoms with E-state index in [1.807, 2.05) is 13.0 Å². The lowest BCUT2D eigenvalue weighted by atomic mass is 10.3. The smallest absolute Gasteiger partial charge is 0.106 e. The first-order chi connectivity index (χ1) is 5.27. The first-order valence-corrected chi connectivity index (χ1v) is 3.95. The van der Waals surface area contributed by atoms with Gasteiger partial charge in [0.25, 0.3) is 0 Å². The Labute approximate surface area is 67.4 Å². The van der Waals surface area contributed by atoms with Gasteiger partial charge in [0, 0.05) is 6.42 Å². The predicted octanol–water partition coefficient (Wildman–Crippen LogP) is 2.31. The van der Waals surface area contributed by atoms with E-state index in [1.165, 1.54) is 0 Å². The van der Waals surface area contributed by atoms with Crippen molar-refractivity contribution in [3.63, 3.8) is 0 Å². The van der Waals surface area contributed by atoms with E-state index in [9.17, 15) is 0 Å². The fourth-order valence-corrected chi connectivity index (χ4v) is 1.09. The summed E-state index contributed by atoms with van der Waals surface area (Å²) in [4.78, 5) is 7.55. The second-order valence-electron chi connectivity index (χ2n) is 2.64. The van der Waals surface area contributed by atoms with Crippen LogP contribution >= 0.6 is 0 Å². The number of nitrogens with zero attached hydrogens (tertiary/aromatic N) is 1. The van der Waals surface area contributed by atoms with E-state index >= 15 is 0 Å². The quantitative estimate of drug-likeness (QED) is 0.703. The van der Waals surface area contributed by atoms with Crippen LogP contribution in [0.25, 0.3) is 6.08 Å². The van der Waals surface area contributed by atoms with E-state index in [4.69, 9.17) is 0 Å². The zero-order chi connectivity index (χ0) is 8.27. The Morgan fingerprint density at radius 3 is 2.82 bits per heavy atom. The third-order valence-electron chi connectivity index (χ3n) is 1.66. The highest BCUT2D eigenvalue weighted by Gasteiger charge is 2.00. The van der Waals surface area contributed by atoms with Crippen molar-refractivity contribution in [2.45, 2.75) is 26.7 Å². The third-order valence-corrected chi connectivity index (χ3v) is 1.66. The van der Waals surface area contributed by atoms with E-state index in [0.29, 0.717) is 0 Å². The number of imidazole rings is 1. The summed E-state index contributed by atoms with van der Waals surface area (Å²) in [6.45, 7) is 7.83. The largest absolute Gasteiger partial charge is 0.342 e. The number of hydrogen-bond acceptors (Lipinski definition) is 1. The molecule has 0 bridgehead atoms. The lowest BCUT2D eigenvalue weighted by Crippen LogP contribution is -1.84. The Kier molecular flexibility index (Phi) is 2.47. The maximum atomic E-state index is 4.34. The highest BCUT2D eigenvalue weighted by Crippen LogP contribution is 2.06. The normalized spacial score (nSPS) is 10.0. The van der Waals surface area contributed by atoms with Gasteiger partial charge in [0.2, 0.25) is 0 Å². The Morgan fingerprint density at radius 2 is 2.36 bits per heavy atom. The molecular formula is C9H14N2. The van der Waals surface area contributed by atoms with E-state index in [2.05, 4.69) is 23.5 Å². The maximum absolute atomic E-state index is 4.34. The SMILES string of the molecule is C=Cc1[nH]c(CCC)nc1C. The zero-order valence-electron chi connectivity index (χ0n) is 7.15. The third kappa shape index (κ3) is 1.70. The molecule has 1 aromatic rings. The van der Waals surface area contributed by atoms with E-state index < -0.39 is 0 Å². The van der Waals surface area contributed by atoms with Crippen LogP contribution in [0.4, 0.5) is 0 Å². The number of aryl methyl sites for hydroxylation is 2. The van der Waals surface area contributed by atoms with Gasteiger partial charge in [0.05, 0.1) is 11.4 Å². The molecule has 0 aromatic carbocycles. The van der Waals surface area contributed by atoms with Gasteiger partial charge in [0.1, 0.15) is 5.82 Å². The molecule has 0 aliphatic rings. The Hall–Kier alpha value is -1.05. The van der Waals surface area contributed by atoms with Crippen LogP contribution in [0, 0.1) is 6.92 Å². The highest BCUT2D eigenvalue weighted by molar-refractivity contribution is 5.44. The fraction of sp³-hybridized carbons (Fsp3) is 0.444. The molecule has 0 atom stereocenters. The van der Waals surface area contributed by atoms with Crippen LogP contribution in [0.2, 0.25) is 0 Å². The molecule has 0 aliphatic carbocycles. The van der Waals surface area contributed by atoms with Gasteiger partial charge in [-0.1, -0.05) is 13.5 Å². The lowest BCUT2D eigenvalue weighted by Gasteiger charge is -1.87. The first kappa shape index (κ1) is 8.05. The number of aromatic amines is 1.